The van der Waals surface area contributed by atoms with E-state index in [1.807, 2.05) is 60.8 Å². The standard InChI is InChI=1S/C29H27ClN2O4/c1-2-32-20-27(25-6-3-4-7-26(25)30)31-28(32)18-11-21-9-12-22(13-10-21)23-14-16-24(17-15-23)35-19-5-8-29(33)36-34/h3-4,6-7,9-18,20,34H,2,5,8,19H2,1H3. The maximum Gasteiger partial charge on any atom is 0.342 e. The first-order valence-corrected chi connectivity index (χ1v) is 12.1. The summed E-state index contributed by atoms with van der Waals surface area (Å²) in [6.07, 6.45) is 6.68. The van der Waals surface area contributed by atoms with Crippen molar-refractivity contribution in [2.45, 2.75) is 26.3 Å². The zero-order valence-corrected chi connectivity index (χ0v) is 20.7. The average Bonchev–Trinajstić information content (AvgIpc) is 3.33. The molecule has 0 fully saturated rings. The Labute approximate surface area is 215 Å². The number of nitrogens with zero attached hydrogens (tertiary/aromatic N) is 2. The second-order valence-corrected chi connectivity index (χ2v) is 8.55. The van der Waals surface area contributed by atoms with Gasteiger partial charge in [-0.2, -0.15) is 5.26 Å². The molecule has 0 amide bonds. The van der Waals surface area contributed by atoms with Crippen molar-refractivity contribution in [1.29, 1.82) is 0 Å². The molecule has 0 aliphatic heterocycles. The second-order valence-electron chi connectivity index (χ2n) is 8.15. The first-order chi connectivity index (χ1) is 17.6. The van der Waals surface area contributed by atoms with Crippen LogP contribution >= 0.6 is 11.6 Å². The highest BCUT2D eigenvalue weighted by Gasteiger charge is 2.09. The molecule has 0 bridgehead atoms. The lowest BCUT2D eigenvalue weighted by Gasteiger charge is -2.07. The molecule has 1 N–H and O–H groups in total. The number of ether oxygens (including phenoxy) is 1. The number of aryl methyl sites for hydroxylation is 1. The molecule has 4 aromatic rings. The fourth-order valence-corrected chi connectivity index (χ4v) is 4.00. The van der Waals surface area contributed by atoms with Gasteiger partial charge >= 0.3 is 5.97 Å². The van der Waals surface area contributed by atoms with Crippen LogP contribution in [0.4, 0.5) is 0 Å². The molecule has 6 nitrogen and oxygen atoms in total. The zero-order valence-electron chi connectivity index (χ0n) is 19.9. The van der Waals surface area contributed by atoms with E-state index in [2.05, 4.69) is 46.7 Å². The molecule has 0 saturated carbocycles. The van der Waals surface area contributed by atoms with E-state index in [4.69, 9.17) is 26.6 Å². The maximum atomic E-state index is 10.9. The third kappa shape index (κ3) is 6.42. The molecular weight excluding hydrogens is 476 g/mol. The van der Waals surface area contributed by atoms with Crippen molar-refractivity contribution in [3.05, 3.63) is 95.4 Å². The van der Waals surface area contributed by atoms with E-state index in [1.54, 1.807) is 0 Å². The van der Waals surface area contributed by atoms with Crippen LogP contribution in [0.2, 0.25) is 5.02 Å². The Balaban J connectivity index is 1.39. The van der Waals surface area contributed by atoms with Crippen molar-refractivity contribution >= 4 is 29.7 Å². The molecule has 0 atom stereocenters. The number of benzene rings is 3. The molecule has 1 heterocycles. The molecule has 0 radical (unpaired) electrons. The van der Waals surface area contributed by atoms with Gasteiger partial charge in [0.05, 0.1) is 23.7 Å². The van der Waals surface area contributed by atoms with Crippen molar-refractivity contribution in [3.63, 3.8) is 0 Å². The monoisotopic (exact) mass is 502 g/mol. The predicted molar refractivity (Wildman–Crippen MR) is 143 cm³/mol. The summed E-state index contributed by atoms with van der Waals surface area (Å²) < 4.78 is 7.73. The molecule has 0 spiro atoms. The van der Waals surface area contributed by atoms with E-state index in [0.29, 0.717) is 18.1 Å². The highest BCUT2D eigenvalue weighted by Crippen LogP contribution is 2.28. The minimum Gasteiger partial charge on any atom is -0.494 e. The van der Waals surface area contributed by atoms with Crippen molar-refractivity contribution < 1.29 is 19.7 Å². The van der Waals surface area contributed by atoms with Crippen LogP contribution in [-0.2, 0) is 16.2 Å². The number of rotatable bonds is 10. The summed E-state index contributed by atoms with van der Waals surface area (Å²) in [7, 11) is 0. The number of carbonyl (C=O) groups excluding carboxylic acids is 1. The summed E-state index contributed by atoms with van der Waals surface area (Å²) in [5.74, 6) is 0.934. The highest BCUT2D eigenvalue weighted by molar-refractivity contribution is 6.33. The Morgan fingerprint density at radius 1 is 1.00 bits per heavy atom. The lowest BCUT2D eigenvalue weighted by molar-refractivity contribution is -0.234. The van der Waals surface area contributed by atoms with Crippen LogP contribution in [0.25, 0.3) is 34.5 Å². The summed E-state index contributed by atoms with van der Waals surface area (Å²) >= 11 is 6.36. The van der Waals surface area contributed by atoms with Crippen molar-refractivity contribution in [2.75, 3.05) is 6.61 Å². The summed E-state index contributed by atoms with van der Waals surface area (Å²) in [6.45, 7) is 3.27. The predicted octanol–water partition coefficient (Wildman–Crippen LogP) is 7.24. The molecule has 184 valence electrons. The SMILES string of the molecule is CCn1cc(-c2ccccc2Cl)nc1C=Cc1ccc(-c2ccc(OCCCC(=O)OO)cc2)cc1. The van der Waals surface area contributed by atoms with Crippen molar-refractivity contribution in [1.82, 2.24) is 9.55 Å². The topological polar surface area (TPSA) is 73.6 Å². The third-order valence-corrected chi connectivity index (χ3v) is 6.05. The maximum absolute atomic E-state index is 10.9. The number of hydrogen-bond acceptors (Lipinski definition) is 5. The largest absolute Gasteiger partial charge is 0.494 e. The summed E-state index contributed by atoms with van der Waals surface area (Å²) in [5.41, 5.74) is 5.03. The number of imidazole rings is 1. The molecule has 0 aliphatic rings. The van der Waals surface area contributed by atoms with Gasteiger partial charge < -0.3 is 14.2 Å². The van der Waals surface area contributed by atoms with Crippen LogP contribution in [-0.4, -0.2) is 27.4 Å². The van der Waals surface area contributed by atoms with Gasteiger partial charge in [0.1, 0.15) is 11.6 Å². The fraction of sp³-hybridized carbons (Fsp3) is 0.172. The Morgan fingerprint density at radius 3 is 2.36 bits per heavy atom. The molecule has 1 aromatic heterocycles. The average molecular weight is 503 g/mol. The first-order valence-electron chi connectivity index (χ1n) is 11.7. The number of halogens is 1. The van der Waals surface area contributed by atoms with Gasteiger partial charge in [-0.05, 0) is 54.3 Å². The van der Waals surface area contributed by atoms with Gasteiger partial charge in [0, 0.05) is 18.3 Å². The van der Waals surface area contributed by atoms with Crippen LogP contribution in [0.3, 0.4) is 0 Å². The van der Waals surface area contributed by atoms with E-state index < -0.39 is 5.97 Å². The van der Waals surface area contributed by atoms with E-state index in [9.17, 15) is 4.79 Å². The van der Waals surface area contributed by atoms with Crippen LogP contribution in [0, 0.1) is 0 Å². The lowest BCUT2D eigenvalue weighted by Crippen LogP contribution is -2.04. The first kappa shape index (κ1) is 25.2. The van der Waals surface area contributed by atoms with Crippen molar-refractivity contribution in [2.24, 2.45) is 0 Å². The summed E-state index contributed by atoms with van der Waals surface area (Å²) in [6, 6.07) is 23.8. The van der Waals surface area contributed by atoms with E-state index in [1.165, 1.54) is 0 Å². The van der Waals surface area contributed by atoms with Crippen LogP contribution in [0.15, 0.2) is 79.0 Å². The highest BCUT2D eigenvalue weighted by atomic mass is 35.5. The van der Waals surface area contributed by atoms with Gasteiger partial charge in [0.15, 0.2) is 0 Å². The normalized spacial score (nSPS) is 11.1. The molecular formula is C29H27ClN2O4. The Hall–Kier alpha value is -3.87. The number of hydrogen-bond donors (Lipinski definition) is 1. The van der Waals surface area contributed by atoms with Crippen LogP contribution in [0.5, 0.6) is 5.75 Å². The number of aromatic nitrogens is 2. The molecule has 0 unspecified atom stereocenters. The van der Waals surface area contributed by atoms with Gasteiger partial charge in [0.2, 0.25) is 0 Å². The summed E-state index contributed by atoms with van der Waals surface area (Å²) in [5, 5.41) is 8.95. The Kier molecular flexibility index (Phi) is 8.55. The molecule has 3 aromatic carbocycles. The van der Waals surface area contributed by atoms with Crippen LogP contribution < -0.4 is 4.74 Å². The second kappa shape index (κ2) is 12.2. The molecule has 7 heteroatoms. The van der Waals surface area contributed by atoms with Gasteiger partial charge in [-0.15, -0.1) is 0 Å². The molecule has 0 saturated heterocycles. The molecule has 0 aliphatic carbocycles. The minimum atomic E-state index is -0.662. The van der Waals surface area contributed by atoms with Gasteiger partial charge in [-0.25, -0.2) is 9.78 Å². The van der Waals surface area contributed by atoms with Crippen LogP contribution in [0.1, 0.15) is 31.2 Å². The lowest BCUT2D eigenvalue weighted by atomic mass is 10.0. The fourth-order valence-electron chi connectivity index (χ4n) is 3.77. The quantitative estimate of drug-likeness (QED) is 0.140. The molecule has 4 rings (SSSR count). The van der Waals surface area contributed by atoms with Gasteiger partial charge in [-0.3, -0.25) is 0 Å². The Morgan fingerprint density at radius 2 is 1.69 bits per heavy atom. The smallest absolute Gasteiger partial charge is 0.342 e. The third-order valence-electron chi connectivity index (χ3n) is 5.72. The Bertz CT molecular complexity index is 1330. The van der Waals surface area contributed by atoms with Gasteiger partial charge in [-0.1, -0.05) is 72.3 Å². The molecule has 36 heavy (non-hydrogen) atoms. The van der Waals surface area contributed by atoms with E-state index in [0.717, 1.165) is 46.1 Å². The van der Waals surface area contributed by atoms with Crippen molar-refractivity contribution in [3.8, 4) is 28.1 Å². The van der Waals surface area contributed by atoms with E-state index >= 15 is 0 Å². The zero-order chi connectivity index (χ0) is 25.3. The minimum absolute atomic E-state index is 0.109. The number of carbonyl (C=O) groups is 1. The summed E-state index contributed by atoms with van der Waals surface area (Å²) in [4.78, 5) is 19.3. The van der Waals surface area contributed by atoms with Gasteiger partial charge in [0.25, 0.3) is 0 Å². The van der Waals surface area contributed by atoms with E-state index in [-0.39, 0.29) is 6.42 Å².